The van der Waals surface area contributed by atoms with Gasteiger partial charge in [0.05, 0.1) is 13.2 Å². The zero-order valence-corrected chi connectivity index (χ0v) is 16.4. The van der Waals surface area contributed by atoms with Gasteiger partial charge in [0.1, 0.15) is 17.5 Å². The largest absolute Gasteiger partial charge is 0.378 e. The first kappa shape index (κ1) is 17.9. The van der Waals surface area contributed by atoms with Gasteiger partial charge in [0.15, 0.2) is 0 Å². The molecule has 0 aliphatic carbocycles. The molecule has 0 amide bonds. The molecule has 0 unspecified atom stereocenters. The maximum absolute atomic E-state index is 5.46. The molecule has 0 bridgehead atoms. The number of ether oxygens (including phenoxy) is 1. The Hall–Kier alpha value is -2.48. The van der Waals surface area contributed by atoms with Crippen molar-refractivity contribution in [3.05, 3.63) is 29.3 Å². The van der Waals surface area contributed by atoms with Crippen LogP contribution in [0.1, 0.15) is 17.2 Å². The van der Waals surface area contributed by atoms with Gasteiger partial charge in [0.2, 0.25) is 5.95 Å². The number of nitrogens with zero attached hydrogens (tertiary/aromatic N) is 7. The minimum Gasteiger partial charge on any atom is -0.378 e. The highest BCUT2D eigenvalue weighted by Gasteiger charge is 2.22. The zero-order valence-electron chi connectivity index (χ0n) is 16.4. The Kier molecular flexibility index (Phi) is 5.07. The summed E-state index contributed by atoms with van der Waals surface area (Å²) in [5, 5.41) is 0. The van der Waals surface area contributed by atoms with E-state index in [9.17, 15) is 0 Å². The molecular weight excluding hydrogens is 342 g/mol. The molecule has 8 nitrogen and oxygen atoms in total. The number of anilines is 3. The van der Waals surface area contributed by atoms with Crippen LogP contribution < -0.4 is 14.7 Å². The van der Waals surface area contributed by atoms with Gasteiger partial charge in [-0.1, -0.05) is 0 Å². The first-order valence-electron chi connectivity index (χ1n) is 9.59. The molecule has 2 aromatic rings. The van der Waals surface area contributed by atoms with E-state index < -0.39 is 0 Å². The van der Waals surface area contributed by atoms with Crippen LogP contribution in [0.3, 0.4) is 0 Å². The fourth-order valence-corrected chi connectivity index (χ4v) is 3.64. The van der Waals surface area contributed by atoms with E-state index in [4.69, 9.17) is 4.74 Å². The molecule has 0 N–H and O–H groups in total. The van der Waals surface area contributed by atoms with Crippen molar-refractivity contribution in [2.45, 2.75) is 20.8 Å². The van der Waals surface area contributed by atoms with E-state index in [0.29, 0.717) is 0 Å². The number of piperazine rings is 1. The summed E-state index contributed by atoms with van der Waals surface area (Å²) >= 11 is 0. The Bertz CT molecular complexity index is 778. The van der Waals surface area contributed by atoms with Crippen LogP contribution in [0.2, 0.25) is 0 Å². The molecule has 4 heterocycles. The number of aryl methyl sites for hydroxylation is 3. The standard InChI is InChI=1S/C19H27N7O/c1-14-12-15(2)21-19(20-14)26-6-4-24(5-7-26)17-13-18(23-16(3)22-17)25-8-10-27-11-9-25/h12-13H,4-11H2,1-3H3. The Labute approximate surface area is 160 Å². The summed E-state index contributed by atoms with van der Waals surface area (Å²) in [6, 6.07) is 4.12. The smallest absolute Gasteiger partial charge is 0.225 e. The van der Waals surface area contributed by atoms with E-state index >= 15 is 0 Å². The number of hydrogen-bond donors (Lipinski definition) is 0. The average molecular weight is 369 g/mol. The van der Waals surface area contributed by atoms with Crippen molar-refractivity contribution in [1.82, 2.24) is 19.9 Å². The Morgan fingerprint density at radius 2 is 1.19 bits per heavy atom. The van der Waals surface area contributed by atoms with Gasteiger partial charge in [-0.15, -0.1) is 0 Å². The van der Waals surface area contributed by atoms with Crippen molar-refractivity contribution < 1.29 is 4.74 Å². The van der Waals surface area contributed by atoms with Crippen LogP contribution in [0, 0.1) is 20.8 Å². The first-order chi connectivity index (χ1) is 13.1. The minimum absolute atomic E-state index is 0.757. The molecule has 144 valence electrons. The van der Waals surface area contributed by atoms with E-state index in [1.807, 2.05) is 26.8 Å². The van der Waals surface area contributed by atoms with Crippen molar-refractivity contribution in [3.8, 4) is 0 Å². The quantitative estimate of drug-likeness (QED) is 0.803. The van der Waals surface area contributed by atoms with Gasteiger partial charge in [-0.2, -0.15) is 0 Å². The third kappa shape index (κ3) is 4.10. The van der Waals surface area contributed by atoms with Crippen molar-refractivity contribution >= 4 is 17.6 Å². The molecule has 2 saturated heterocycles. The van der Waals surface area contributed by atoms with Crippen LogP contribution in [0.25, 0.3) is 0 Å². The molecule has 2 aliphatic rings. The molecular formula is C19H27N7O. The fraction of sp³-hybridized carbons (Fsp3) is 0.579. The first-order valence-corrected chi connectivity index (χ1v) is 9.59. The molecule has 2 aromatic heterocycles. The van der Waals surface area contributed by atoms with Gasteiger partial charge < -0.3 is 19.4 Å². The Morgan fingerprint density at radius 1 is 0.667 bits per heavy atom. The van der Waals surface area contributed by atoms with Crippen LogP contribution in [-0.4, -0.2) is 72.4 Å². The van der Waals surface area contributed by atoms with E-state index in [2.05, 4.69) is 40.7 Å². The lowest BCUT2D eigenvalue weighted by Crippen LogP contribution is -2.47. The maximum atomic E-state index is 5.46. The van der Waals surface area contributed by atoms with Gasteiger partial charge in [0, 0.05) is 56.7 Å². The Morgan fingerprint density at radius 3 is 1.78 bits per heavy atom. The van der Waals surface area contributed by atoms with Crippen LogP contribution in [0.5, 0.6) is 0 Å². The second-order valence-electron chi connectivity index (χ2n) is 7.16. The summed E-state index contributed by atoms with van der Waals surface area (Å²) < 4.78 is 5.46. The normalized spacial score (nSPS) is 18.1. The molecule has 0 spiro atoms. The summed E-state index contributed by atoms with van der Waals surface area (Å²) in [6.45, 7) is 12.9. The topological polar surface area (TPSA) is 70.5 Å². The molecule has 2 aliphatic heterocycles. The zero-order chi connectivity index (χ0) is 18.8. The summed E-state index contributed by atoms with van der Waals surface area (Å²) in [6.07, 6.45) is 0. The van der Waals surface area contributed by atoms with E-state index in [1.54, 1.807) is 0 Å². The highest BCUT2D eigenvalue weighted by molar-refractivity contribution is 5.52. The molecule has 0 radical (unpaired) electrons. The molecule has 0 atom stereocenters. The maximum Gasteiger partial charge on any atom is 0.225 e. The van der Waals surface area contributed by atoms with Crippen molar-refractivity contribution in [2.24, 2.45) is 0 Å². The van der Waals surface area contributed by atoms with Gasteiger partial charge in [-0.05, 0) is 26.8 Å². The van der Waals surface area contributed by atoms with E-state index in [0.717, 1.165) is 87.3 Å². The highest BCUT2D eigenvalue weighted by Crippen LogP contribution is 2.22. The van der Waals surface area contributed by atoms with Gasteiger partial charge in [-0.3, -0.25) is 0 Å². The molecule has 0 saturated carbocycles. The predicted octanol–water partition coefficient (Wildman–Crippen LogP) is 1.36. The number of morpholine rings is 1. The van der Waals surface area contributed by atoms with Crippen molar-refractivity contribution in [3.63, 3.8) is 0 Å². The van der Waals surface area contributed by atoms with Crippen LogP contribution in [-0.2, 0) is 4.74 Å². The SMILES string of the molecule is Cc1cc(C)nc(N2CCN(c3cc(N4CCOCC4)nc(C)n3)CC2)n1. The predicted molar refractivity (Wildman–Crippen MR) is 106 cm³/mol. The number of aromatic nitrogens is 4. The third-order valence-corrected chi connectivity index (χ3v) is 5.00. The van der Waals surface area contributed by atoms with Crippen LogP contribution in [0.4, 0.5) is 17.6 Å². The van der Waals surface area contributed by atoms with Gasteiger partial charge in [0.25, 0.3) is 0 Å². The summed E-state index contributed by atoms with van der Waals surface area (Å²) in [5.74, 6) is 3.65. The second-order valence-corrected chi connectivity index (χ2v) is 7.16. The van der Waals surface area contributed by atoms with Crippen molar-refractivity contribution in [2.75, 3.05) is 67.2 Å². The fourth-order valence-electron chi connectivity index (χ4n) is 3.64. The average Bonchev–Trinajstić information content (AvgIpc) is 2.67. The van der Waals surface area contributed by atoms with E-state index in [-0.39, 0.29) is 0 Å². The molecule has 27 heavy (non-hydrogen) atoms. The summed E-state index contributed by atoms with van der Waals surface area (Å²) in [5.41, 5.74) is 2.03. The number of hydrogen-bond acceptors (Lipinski definition) is 8. The lowest BCUT2D eigenvalue weighted by molar-refractivity contribution is 0.122. The molecule has 4 rings (SSSR count). The van der Waals surface area contributed by atoms with Crippen LogP contribution >= 0.6 is 0 Å². The minimum atomic E-state index is 0.757. The van der Waals surface area contributed by atoms with Gasteiger partial charge >= 0.3 is 0 Å². The Balaban J connectivity index is 1.47. The molecule has 2 fully saturated rings. The van der Waals surface area contributed by atoms with Crippen molar-refractivity contribution in [1.29, 1.82) is 0 Å². The monoisotopic (exact) mass is 369 g/mol. The lowest BCUT2D eigenvalue weighted by atomic mass is 10.3. The van der Waals surface area contributed by atoms with E-state index in [1.165, 1.54) is 0 Å². The third-order valence-electron chi connectivity index (χ3n) is 5.00. The summed E-state index contributed by atoms with van der Waals surface area (Å²) in [7, 11) is 0. The molecule has 8 heteroatoms. The molecule has 0 aromatic carbocycles. The lowest BCUT2D eigenvalue weighted by Gasteiger charge is -2.36. The highest BCUT2D eigenvalue weighted by atomic mass is 16.5. The number of rotatable bonds is 3. The van der Waals surface area contributed by atoms with Crippen LogP contribution in [0.15, 0.2) is 12.1 Å². The summed E-state index contributed by atoms with van der Waals surface area (Å²) in [4.78, 5) is 25.4. The van der Waals surface area contributed by atoms with Gasteiger partial charge in [-0.25, -0.2) is 19.9 Å². The second kappa shape index (κ2) is 7.64.